The molecule has 0 spiro atoms. The molecule has 4 aromatic rings. The normalized spacial score (nSPS) is 17.5. The first-order valence-electron chi connectivity index (χ1n) is 23.0. The van der Waals surface area contributed by atoms with Gasteiger partial charge in [-0.15, -0.1) is 0 Å². The summed E-state index contributed by atoms with van der Waals surface area (Å²) in [5, 5.41) is 0. The van der Waals surface area contributed by atoms with Crippen molar-refractivity contribution in [3.8, 4) is 22.3 Å². The van der Waals surface area contributed by atoms with E-state index in [0.717, 1.165) is 30.6 Å². The molecule has 0 bridgehead atoms. The number of nitrogens with zero attached hydrogens (tertiary/aromatic N) is 1. The van der Waals surface area contributed by atoms with Gasteiger partial charge in [-0.25, -0.2) is 0 Å². The Bertz CT molecular complexity index is 2040. The molecule has 0 aliphatic heterocycles. The van der Waals surface area contributed by atoms with Crippen LogP contribution in [0.3, 0.4) is 0 Å². The minimum absolute atomic E-state index is 0.00198. The third-order valence-electron chi connectivity index (χ3n) is 13.1. The van der Waals surface area contributed by atoms with Crippen molar-refractivity contribution in [3.63, 3.8) is 0 Å². The topological polar surface area (TPSA) is 3.24 Å². The number of allylic oxidation sites excluding steroid dienone is 2. The van der Waals surface area contributed by atoms with Crippen molar-refractivity contribution in [2.24, 2.45) is 11.8 Å². The van der Waals surface area contributed by atoms with Gasteiger partial charge in [0.15, 0.2) is 0 Å². The van der Waals surface area contributed by atoms with Crippen LogP contribution in [0.1, 0.15) is 121 Å². The fraction of sp³-hybridized carbons (Fsp3) is 0.462. The van der Waals surface area contributed by atoms with E-state index in [-0.39, 0.29) is 7.25 Å². The Balaban J connectivity index is 1.69. The number of unbranched alkanes of at least 4 members (excludes halogenated alkanes) is 2. The summed E-state index contributed by atoms with van der Waals surface area (Å²) in [5.41, 5.74) is 16.7. The van der Waals surface area contributed by atoms with E-state index >= 15 is 0 Å². The van der Waals surface area contributed by atoms with Gasteiger partial charge in [0, 0.05) is 0 Å². The first-order valence-corrected chi connectivity index (χ1v) is 40.8. The van der Waals surface area contributed by atoms with Crippen LogP contribution in [0.2, 0.25) is 39.3 Å². The first-order chi connectivity index (χ1) is 27.8. The molecule has 0 radical (unpaired) electrons. The van der Waals surface area contributed by atoms with Crippen molar-refractivity contribution in [1.82, 2.24) is 4.14 Å². The van der Waals surface area contributed by atoms with Gasteiger partial charge < -0.3 is 0 Å². The van der Waals surface area contributed by atoms with E-state index in [1.54, 1.807) is 0 Å². The SMILES string of the molecule is CCCCc1ccccc1-c1cccc2c1C=C(CC(C)C)[CH]2[Zr]([Cl])([Cl])([BH]N([Si](C)(C)C)[Si](C)(C)C)[CH]1C(CC(C)C)=Cc2c(-c3ccccc3CCCC)cccc21. The van der Waals surface area contributed by atoms with Crippen molar-refractivity contribution in [3.05, 3.63) is 129 Å². The maximum atomic E-state index is 9.32. The monoisotopic (exact) mass is 938 g/mol. The van der Waals surface area contributed by atoms with E-state index in [2.05, 4.69) is 182 Å². The molecule has 0 aromatic heterocycles. The molecule has 2 aliphatic rings. The fourth-order valence-corrected chi connectivity index (χ4v) is 53.1. The molecule has 6 rings (SSSR count). The van der Waals surface area contributed by atoms with Gasteiger partial charge in [-0.2, -0.15) is 0 Å². The van der Waals surface area contributed by atoms with E-state index in [4.69, 9.17) is 0 Å². The summed E-state index contributed by atoms with van der Waals surface area (Å²) >= 11 is -5.38. The Morgan fingerprint density at radius 3 is 1.29 bits per heavy atom. The van der Waals surface area contributed by atoms with Crippen LogP contribution in [0.25, 0.3) is 34.4 Å². The fourth-order valence-electron chi connectivity index (χ4n) is 11.0. The molecule has 4 aromatic carbocycles. The molecule has 2 unspecified atom stereocenters. The molecule has 59 heavy (non-hydrogen) atoms. The van der Waals surface area contributed by atoms with Gasteiger partial charge in [0.1, 0.15) is 0 Å². The van der Waals surface area contributed by atoms with E-state index in [1.807, 2.05) is 0 Å². The zero-order chi connectivity index (χ0) is 42.9. The van der Waals surface area contributed by atoms with E-state index < -0.39 is 32.6 Å². The number of halogens is 2. The molecule has 1 nitrogen and oxygen atoms in total. The molecule has 0 N–H and O–H groups in total. The molecule has 0 fully saturated rings. The second kappa shape index (κ2) is 18.6. The summed E-state index contributed by atoms with van der Waals surface area (Å²) < 4.78 is 2.97. The third-order valence-corrected chi connectivity index (χ3v) is 40.2. The van der Waals surface area contributed by atoms with Crippen molar-refractivity contribution in [2.75, 3.05) is 0 Å². The quantitative estimate of drug-likeness (QED) is 0.0899. The van der Waals surface area contributed by atoms with Gasteiger partial charge in [-0.05, 0) is 0 Å². The van der Waals surface area contributed by atoms with Gasteiger partial charge in [0.25, 0.3) is 0 Å². The Hall–Kier alpha value is -1.72. The molecule has 0 amide bonds. The Morgan fingerprint density at radius 2 is 0.932 bits per heavy atom. The second-order valence-electron chi connectivity index (χ2n) is 20.9. The summed E-state index contributed by atoms with van der Waals surface area (Å²) in [7, 11) is 14.8. The number of aryl methyl sites for hydroxylation is 2. The molecule has 0 heterocycles. The second-order valence-corrected chi connectivity index (χ2v) is 53.1. The molecule has 315 valence electrons. The van der Waals surface area contributed by atoms with Crippen LogP contribution in [-0.4, -0.2) is 25.6 Å². The molecular formula is C52H73BCl2NSi2Zr. The van der Waals surface area contributed by atoms with Gasteiger partial charge in [-0.3, -0.25) is 0 Å². The van der Waals surface area contributed by atoms with Crippen LogP contribution in [-0.2, 0) is 29.0 Å². The predicted octanol–water partition coefficient (Wildman–Crippen LogP) is 16.6. The Kier molecular flexibility index (Phi) is 14.7. The standard InChI is InChI=1S/2C23H27.C6H19BNSi2.2ClH.Zr/c2*1-4-5-9-19-10-6-7-12-21(19)22-13-8-11-20-15-18(14-17(2)3)16-23(20)22;1-9(2,3)8(7)10(4,5)6;;;/h2*6-8,10-13,15-17H,4-5,9,14H2,1-3H3;7H,1-6H3;2*1H;/q;;+1;;;+1/p-2. The van der Waals surface area contributed by atoms with Crippen LogP contribution in [0.15, 0.2) is 96.1 Å². The van der Waals surface area contributed by atoms with Gasteiger partial charge in [0.2, 0.25) is 0 Å². The van der Waals surface area contributed by atoms with Crippen molar-refractivity contribution in [2.45, 2.75) is 139 Å². The predicted molar refractivity (Wildman–Crippen MR) is 269 cm³/mol. The van der Waals surface area contributed by atoms with E-state index in [0.29, 0.717) is 11.8 Å². The summed E-state index contributed by atoms with van der Waals surface area (Å²) in [5.74, 6) is 0.951. The number of hydrogen-bond acceptors (Lipinski definition) is 1. The van der Waals surface area contributed by atoms with E-state index in [9.17, 15) is 17.0 Å². The van der Waals surface area contributed by atoms with Crippen LogP contribution < -0.4 is 0 Å². The number of hydrogen-bond donors (Lipinski definition) is 0. The van der Waals surface area contributed by atoms with E-state index in [1.165, 1.54) is 92.5 Å². The van der Waals surface area contributed by atoms with Gasteiger partial charge in [-0.1, -0.05) is 0 Å². The molecule has 2 aliphatic carbocycles. The Labute approximate surface area is 370 Å². The van der Waals surface area contributed by atoms with Crippen molar-refractivity contribution < 1.29 is 16.2 Å². The van der Waals surface area contributed by atoms with Crippen molar-refractivity contribution >= 4 is 50.6 Å². The molecule has 2 atom stereocenters. The summed E-state index contributed by atoms with van der Waals surface area (Å²) in [6, 6.07) is 32.5. The summed E-state index contributed by atoms with van der Waals surface area (Å²) in [6.07, 6.45) is 14.1. The van der Waals surface area contributed by atoms with Crippen LogP contribution in [0.5, 0.6) is 0 Å². The zero-order valence-electron chi connectivity index (χ0n) is 38.6. The Morgan fingerprint density at radius 1 is 0.559 bits per heavy atom. The first kappa shape index (κ1) is 46.8. The third kappa shape index (κ3) is 9.77. The molecular weight excluding hydrogens is 868 g/mol. The van der Waals surface area contributed by atoms with Crippen molar-refractivity contribution in [1.29, 1.82) is 0 Å². The van der Waals surface area contributed by atoms with Crippen LogP contribution in [0, 0.1) is 11.8 Å². The average molecular weight is 941 g/mol. The van der Waals surface area contributed by atoms with Gasteiger partial charge >= 0.3 is 374 Å². The zero-order valence-corrected chi connectivity index (χ0v) is 44.6. The summed E-state index contributed by atoms with van der Waals surface area (Å²) in [6.45, 7) is 29.3. The molecule has 7 heteroatoms. The van der Waals surface area contributed by atoms with Crippen LogP contribution in [0.4, 0.5) is 0 Å². The van der Waals surface area contributed by atoms with Gasteiger partial charge in [0.05, 0.1) is 0 Å². The summed E-state index contributed by atoms with van der Waals surface area (Å²) in [4.78, 5) is 0.823. The minimum atomic E-state index is -5.38. The van der Waals surface area contributed by atoms with Crippen LogP contribution >= 0.6 is 17.0 Å². The molecule has 0 saturated carbocycles. The number of fused-ring (bicyclic) bond motifs is 2. The number of benzene rings is 4. The number of rotatable bonds is 18. The molecule has 0 saturated heterocycles. The maximum absolute atomic E-state index is 9.32. The average Bonchev–Trinajstić information content (AvgIpc) is 3.73.